The standard InChI is InChI=1S/C16H12FNS.C15H10FNO2.C15H11NO2/c1-12-2-4-13(5-3-12)6-7-14-8-9-16(18-11-19)15(17)10-14;1-10-2-4-11(5-3-10)15(18)19-13-7-6-12(9-17)14(16)8-13;1-11-2-6-13(7-3-11)15(17)18-14-8-4-12(10-16)5-9-14/h2-10H,1H3;2-8H,1H3;2-9H,1H3/b7-6+;;. The van der Waals surface area contributed by atoms with Gasteiger partial charge in [-0.3, -0.25) is 0 Å². The number of aryl methyl sites for hydroxylation is 3. The van der Waals surface area contributed by atoms with Gasteiger partial charge in [0, 0.05) is 6.07 Å². The van der Waals surface area contributed by atoms with E-state index in [9.17, 15) is 18.4 Å². The number of aliphatic imine (C=N–C) groups is 1. The van der Waals surface area contributed by atoms with Gasteiger partial charge < -0.3 is 9.47 Å². The van der Waals surface area contributed by atoms with E-state index in [0.717, 1.165) is 28.3 Å². The topological polar surface area (TPSA) is 113 Å². The number of thiocarbonyl (C=S) groups is 1. The van der Waals surface area contributed by atoms with E-state index in [1.165, 1.54) is 23.8 Å². The molecule has 0 saturated carbocycles. The number of carbonyl (C=O) groups is 2. The van der Waals surface area contributed by atoms with Gasteiger partial charge in [-0.2, -0.15) is 15.5 Å². The molecule has 6 rings (SSSR count). The molecule has 0 amide bonds. The van der Waals surface area contributed by atoms with Gasteiger partial charge >= 0.3 is 11.9 Å². The molecule has 0 saturated heterocycles. The summed E-state index contributed by atoms with van der Waals surface area (Å²) >= 11 is 4.45. The van der Waals surface area contributed by atoms with E-state index in [-0.39, 0.29) is 17.0 Å². The number of hydrogen-bond acceptors (Lipinski definition) is 8. The molecule has 0 aromatic heterocycles. The van der Waals surface area contributed by atoms with Gasteiger partial charge in [-0.25, -0.2) is 18.4 Å². The van der Waals surface area contributed by atoms with Crippen LogP contribution >= 0.6 is 12.2 Å². The van der Waals surface area contributed by atoms with Gasteiger partial charge in [-0.1, -0.05) is 83.4 Å². The lowest BCUT2D eigenvalue weighted by molar-refractivity contribution is 0.0725. The highest BCUT2D eigenvalue weighted by Gasteiger charge is 2.11. The average Bonchev–Trinajstić information content (AvgIpc) is 3.20. The van der Waals surface area contributed by atoms with Crippen LogP contribution in [0.4, 0.5) is 14.5 Å². The highest BCUT2D eigenvalue weighted by atomic mass is 32.1. The SMILES string of the molecule is Cc1ccc(/C=C/c2ccc(N=C=S)c(F)c2)cc1.Cc1ccc(C(=O)Oc2ccc(C#N)c(F)c2)cc1.Cc1ccc(C(=O)Oc2ccc(C#N)cc2)cc1. The molecule has 0 bridgehead atoms. The predicted octanol–water partition coefficient (Wildman–Crippen LogP) is 11.3. The van der Waals surface area contributed by atoms with Crippen molar-refractivity contribution in [3.05, 3.63) is 195 Å². The minimum absolute atomic E-state index is 0.0714. The van der Waals surface area contributed by atoms with Crippen molar-refractivity contribution in [2.45, 2.75) is 20.8 Å². The molecule has 0 spiro atoms. The summed E-state index contributed by atoms with van der Waals surface area (Å²) in [6.45, 7) is 5.90. The molecule has 0 aliphatic heterocycles. The van der Waals surface area contributed by atoms with Crippen molar-refractivity contribution in [2.75, 3.05) is 0 Å². The van der Waals surface area contributed by atoms with Gasteiger partial charge in [-0.15, -0.1) is 0 Å². The van der Waals surface area contributed by atoms with Crippen molar-refractivity contribution < 1.29 is 27.8 Å². The molecular formula is C46H33F2N3O4S. The summed E-state index contributed by atoms with van der Waals surface area (Å²) in [6.07, 6.45) is 3.80. The third-order valence-electron chi connectivity index (χ3n) is 7.72. The summed E-state index contributed by atoms with van der Waals surface area (Å²) in [7, 11) is 0. The number of carbonyl (C=O) groups excluding carboxylic acids is 2. The van der Waals surface area contributed by atoms with Crippen molar-refractivity contribution in [1.82, 2.24) is 0 Å². The van der Waals surface area contributed by atoms with Crippen molar-refractivity contribution >= 4 is 47.2 Å². The molecule has 6 aromatic rings. The highest BCUT2D eigenvalue weighted by Crippen LogP contribution is 2.21. The fourth-order valence-electron chi connectivity index (χ4n) is 4.60. The Morgan fingerprint density at radius 2 is 1.07 bits per heavy atom. The number of nitriles is 2. The molecule has 6 aromatic carbocycles. The van der Waals surface area contributed by atoms with Crippen molar-refractivity contribution in [3.63, 3.8) is 0 Å². The maximum absolute atomic E-state index is 13.6. The van der Waals surface area contributed by atoms with E-state index in [4.69, 9.17) is 20.0 Å². The van der Waals surface area contributed by atoms with E-state index in [2.05, 4.69) is 22.4 Å². The first-order chi connectivity index (χ1) is 27.0. The first-order valence-corrected chi connectivity index (χ1v) is 17.3. The summed E-state index contributed by atoms with van der Waals surface area (Å²) in [5.74, 6) is -1.58. The van der Waals surface area contributed by atoms with Crippen LogP contribution in [0, 0.1) is 55.1 Å². The predicted molar refractivity (Wildman–Crippen MR) is 216 cm³/mol. The minimum Gasteiger partial charge on any atom is -0.423 e. The fourth-order valence-corrected chi connectivity index (χ4v) is 4.69. The Morgan fingerprint density at radius 3 is 1.55 bits per heavy atom. The Balaban J connectivity index is 0.000000187. The smallest absolute Gasteiger partial charge is 0.343 e. The van der Waals surface area contributed by atoms with Crippen LogP contribution in [0.2, 0.25) is 0 Å². The average molecular weight is 762 g/mol. The van der Waals surface area contributed by atoms with Gasteiger partial charge in [0.05, 0.1) is 33.5 Å². The van der Waals surface area contributed by atoms with Crippen LogP contribution in [0.5, 0.6) is 11.5 Å². The monoisotopic (exact) mass is 761 g/mol. The second-order valence-corrected chi connectivity index (χ2v) is 12.2. The number of hydrogen-bond donors (Lipinski definition) is 0. The molecule has 56 heavy (non-hydrogen) atoms. The zero-order chi connectivity index (χ0) is 40.5. The van der Waals surface area contributed by atoms with Crippen molar-refractivity contribution in [3.8, 4) is 23.6 Å². The number of benzene rings is 6. The molecule has 0 radical (unpaired) electrons. The lowest BCUT2D eigenvalue weighted by atomic mass is 10.1. The number of halogens is 2. The summed E-state index contributed by atoms with van der Waals surface area (Å²) in [4.78, 5) is 27.2. The minimum atomic E-state index is -0.711. The fraction of sp³-hybridized carbons (Fsp3) is 0.0652. The van der Waals surface area contributed by atoms with Gasteiger partial charge in [0.25, 0.3) is 0 Å². The Labute approximate surface area is 329 Å². The van der Waals surface area contributed by atoms with Crippen molar-refractivity contribution in [2.24, 2.45) is 4.99 Å². The van der Waals surface area contributed by atoms with E-state index >= 15 is 0 Å². The van der Waals surface area contributed by atoms with Crippen LogP contribution in [0.3, 0.4) is 0 Å². The second kappa shape index (κ2) is 20.8. The lowest BCUT2D eigenvalue weighted by Crippen LogP contribution is -2.08. The van der Waals surface area contributed by atoms with Gasteiger partial charge in [-0.05, 0) is 117 Å². The summed E-state index contributed by atoms with van der Waals surface area (Å²) in [6, 6.07) is 40.7. The van der Waals surface area contributed by atoms with Gasteiger partial charge in [0.15, 0.2) is 0 Å². The first-order valence-electron chi connectivity index (χ1n) is 16.9. The third-order valence-corrected chi connectivity index (χ3v) is 7.81. The molecule has 0 N–H and O–H groups in total. The molecule has 10 heteroatoms. The molecule has 7 nitrogen and oxygen atoms in total. The quantitative estimate of drug-likeness (QED) is 0.0523. The number of rotatable bonds is 7. The van der Waals surface area contributed by atoms with E-state index in [1.807, 2.05) is 75.4 Å². The number of ether oxygens (including phenoxy) is 2. The van der Waals surface area contributed by atoms with Gasteiger partial charge in [0.2, 0.25) is 0 Å². The summed E-state index contributed by atoms with van der Waals surface area (Å²) in [5, 5.41) is 19.4. The lowest BCUT2D eigenvalue weighted by Gasteiger charge is -2.05. The number of esters is 2. The van der Waals surface area contributed by atoms with Crippen LogP contribution < -0.4 is 9.47 Å². The normalized spacial score (nSPS) is 9.91. The first kappa shape index (κ1) is 41.4. The number of isothiocyanates is 1. The van der Waals surface area contributed by atoms with Gasteiger partial charge in [0.1, 0.15) is 34.9 Å². The molecule has 0 unspecified atom stereocenters. The molecule has 276 valence electrons. The van der Waals surface area contributed by atoms with Crippen LogP contribution in [0.25, 0.3) is 12.2 Å². The maximum atomic E-state index is 13.6. The Morgan fingerprint density at radius 1 is 0.589 bits per heavy atom. The van der Waals surface area contributed by atoms with Crippen LogP contribution in [0.1, 0.15) is 59.7 Å². The molecule has 0 atom stereocenters. The highest BCUT2D eigenvalue weighted by molar-refractivity contribution is 7.78. The molecule has 0 aliphatic carbocycles. The summed E-state index contributed by atoms with van der Waals surface area (Å²) in [5.41, 5.74) is 6.73. The molecular weight excluding hydrogens is 729 g/mol. The third kappa shape index (κ3) is 12.9. The zero-order valence-corrected chi connectivity index (χ0v) is 31.3. The summed E-state index contributed by atoms with van der Waals surface area (Å²) < 4.78 is 37.2. The van der Waals surface area contributed by atoms with E-state index < -0.39 is 23.6 Å². The number of nitrogens with zero attached hydrogens (tertiary/aromatic N) is 3. The molecule has 0 aliphatic rings. The second-order valence-electron chi connectivity index (χ2n) is 12.1. The Bertz CT molecular complexity index is 2460. The Hall–Kier alpha value is -7.36. The molecule has 0 fully saturated rings. The van der Waals surface area contributed by atoms with Crippen LogP contribution in [-0.4, -0.2) is 17.1 Å². The van der Waals surface area contributed by atoms with Crippen molar-refractivity contribution in [1.29, 1.82) is 10.5 Å². The van der Waals surface area contributed by atoms with E-state index in [1.54, 1.807) is 78.9 Å². The Kier molecular flexibility index (Phi) is 15.4. The molecule has 0 heterocycles. The maximum Gasteiger partial charge on any atom is 0.343 e. The largest absolute Gasteiger partial charge is 0.423 e. The van der Waals surface area contributed by atoms with Crippen LogP contribution in [0.15, 0.2) is 138 Å². The van der Waals surface area contributed by atoms with E-state index in [0.29, 0.717) is 22.4 Å². The van der Waals surface area contributed by atoms with Crippen LogP contribution in [-0.2, 0) is 0 Å². The zero-order valence-electron chi connectivity index (χ0n) is 30.5.